The topological polar surface area (TPSA) is 45.2 Å². The number of hydrogen-bond donors (Lipinski definition) is 2. The molecule has 13 heavy (non-hydrogen) atoms. The predicted octanol–water partition coefficient (Wildman–Crippen LogP) is 2.64. The number of aromatic amines is 1. The molecule has 1 aromatic heterocycles. The van der Waals surface area contributed by atoms with E-state index < -0.39 is 0 Å². The number of H-pyrrole nitrogens is 1. The van der Waals surface area contributed by atoms with E-state index in [0.29, 0.717) is 10.2 Å². The molecule has 0 bridgehead atoms. The normalized spacial score (nSPS) is 10.6. The number of phenolic OH excluding ortho intramolecular Hbond substituents is 1. The molecule has 1 aromatic carbocycles. The molecule has 0 aliphatic carbocycles. The summed E-state index contributed by atoms with van der Waals surface area (Å²) in [6, 6.07) is 3.70. The molecule has 0 atom stereocenters. The number of rotatable bonds is 1. The smallest absolute Gasteiger partial charge is 0.174 e. The Hall–Kier alpha value is -1.16. The fourth-order valence-electron chi connectivity index (χ4n) is 1.28. The first-order valence-corrected chi connectivity index (χ1v) is 4.56. The predicted molar refractivity (Wildman–Crippen MR) is 54.2 cm³/mol. The third-order valence-electron chi connectivity index (χ3n) is 1.95. The summed E-state index contributed by atoms with van der Waals surface area (Å²) in [5.41, 5.74) is 0.873. The molecule has 0 saturated heterocycles. The van der Waals surface area contributed by atoms with E-state index in [1.165, 1.54) is 7.11 Å². The van der Waals surface area contributed by atoms with E-state index in [-0.39, 0.29) is 5.75 Å². The quantitative estimate of drug-likeness (QED) is 0.807. The molecule has 2 rings (SSSR count). The molecule has 0 unspecified atom stereocenters. The van der Waals surface area contributed by atoms with E-state index in [4.69, 9.17) is 4.74 Å². The summed E-state index contributed by atoms with van der Waals surface area (Å²) in [5, 5.41) is 10.6. The van der Waals surface area contributed by atoms with Gasteiger partial charge in [0, 0.05) is 11.6 Å². The standard InChI is InChI=1S/C9H8BrNO2/c1-13-6-4-5-2-3-11-8(5)7(10)9(6)12/h2-4,11-12H,1H3. The van der Waals surface area contributed by atoms with Crippen molar-refractivity contribution in [3.63, 3.8) is 0 Å². The summed E-state index contributed by atoms with van der Waals surface area (Å²) >= 11 is 3.29. The van der Waals surface area contributed by atoms with Crippen LogP contribution in [0.5, 0.6) is 11.5 Å². The van der Waals surface area contributed by atoms with Crippen LogP contribution in [-0.4, -0.2) is 17.2 Å². The van der Waals surface area contributed by atoms with Crippen molar-refractivity contribution in [2.45, 2.75) is 0 Å². The van der Waals surface area contributed by atoms with Crippen molar-refractivity contribution >= 4 is 26.8 Å². The van der Waals surface area contributed by atoms with E-state index in [1.54, 1.807) is 6.07 Å². The Morgan fingerprint density at radius 3 is 3.00 bits per heavy atom. The third kappa shape index (κ3) is 1.18. The van der Waals surface area contributed by atoms with E-state index in [1.807, 2.05) is 12.3 Å². The monoisotopic (exact) mass is 241 g/mol. The van der Waals surface area contributed by atoms with Crippen LogP contribution in [0.1, 0.15) is 0 Å². The van der Waals surface area contributed by atoms with Crippen molar-refractivity contribution in [3.05, 3.63) is 22.8 Å². The SMILES string of the molecule is COc1cc2cc[nH]c2c(Br)c1O. The molecule has 0 aliphatic heterocycles. The lowest BCUT2D eigenvalue weighted by Crippen LogP contribution is -1.84. The lowest BCUT2D eigenvalue weighted by molar-refractivity contribution is 0.373. The number of phenols is 1. The number of halogens is 1. The number of fused-ring (bicyclic) bond motifs is 1. The molecular weight excluding hydrogens is 234 g/mol. The molecule has 0 fully saturated rings. The molecule has 2 N–H and O–H groups in total. The van der Waals surface area contributed by atoms with Crippen molar-refractivity contribution in [1.29, 1.82) is 0 Å². The maximum Gasteiger partial charge on any atom is 0.174 e. The van der Waals surface area contributed by atoms with Gasteiger partial charge in [0.15, 0.2) is 11.5 Å². The zero-order chi connectivity index (χ0) is 9.42. The lowest BCUT2D eigenvalue weighted by atomic mass is 10.2. The Labute approximate surface area is 83.5 Å². The Balaban J connectivity index is 2.83. The molecular formula is C9H8BrNO2. The van der Waals surface area contributed by atoms with E-state index in [0.717, 1.165) is 10.9 Å². The van der Waals surface area contributed by atoms with Crippen LogP contribution < -0.4 is 4.74 Å². The molecule has 0 spiro atoms. The molecule has 2 aromatic rings. The summed E-state index contributed by atoms with van der Waals surface area (Å²) in [7, 11) is 1.53. The van der Waals surface area contributed by atoms with Gasteiger partial charge >= 0.3 is 0 Å². The van der Waals surface area contributed by atoms with Crippen molar-refractivity contribution in [1.82, 2.24) is 4.98 Å². The van der Waals surface area contributed by atoms with Gasteiger partial charge in [-0.05, 0) is 28.1 Å². The van der Waals surface area contributed by atoms with Gasteiger partial charge < -0.3 is 14.8 Å². The van der Waals surface area contributed by atoms with Crippen molar-refractivity contribution in [2.24, 2.45) is 0 Å². The van der Waals surface area contributed by atoms with Gasteiger partial charge in [-0.1, -0.05) is 0 Å². The van der Waals surface area contributed by atoms with Crippen molar-refractivity contribution < 1.29 is 9.84 Å². The average molecular weight is 242 g/mol. The van der Waals surface area contributed by atoms with E-state index in [9.17, 15) is 5.11 Å². The first kappa shape index (κ1) is 8.44. The summed E-state index contributed by atoms with van der Waals surface area (Å²) < 4.78 is 5.64. The fourth-order valence-corrected chi connectivity index (χ4v) is 1.82. The second kappa shape index (κ2) is 2.96. The Kier molecular flexibility index (Phi) is 1.92. The van der Waals surface area contributed by atoms with E-state index >= 15 is 0 Å². The summed E-state index contributed by atoms with van der Waals surface area (Å²) in [5.74, 6) is 0.594. The van der Waals surface area contributed by atoms with Crippen LogP contribution in [0.25, 0.3) is 10.9 Å². The van der Waals surface area contributed by atoms with Crippen molar-refractivity contribution in [3.8, 4) is 11.5 Å². The van der Waals surface area contributed by atoms with Crippen LogP contribution in [0, 0.1) is 0 Å². The highest BCUT2D eigenvalue weighted by atomic mass is 79.9. The van der Waals surface area contributed by atoms with Gasteiger partial charge in [-0.15, -0.1) is 0 Å². The van der Waals surface area contributed by atoms with Gasteiger partial charge in [-0.3, -0.25) is 0 Å². The number of aromatic hydroxyl groups is 1. The number of aromatic nitrogens is 1. The average Bonchev–Trinajstić information content (AvgIpc) is 2.59. The van der Waals surface area contributed by atoms with Crippen LogP contribution in [0.2, 0.25) is 0 Å². The number of nitrogens with one attached hydrogen (secondary N) is 1. The summed E-state index contributed by atoms with van der Waals surface area (Å²) in [4.78, 5) is 3.02. The Morgan fingerprint density at radius 1 is 1.54 bits per heavy atom. The minimum absolute atomic E-state index is 0.123. The largest absolute Gasteiger partial charge is 0.503 e. The minimum atomic E-state index is 0.123. The van der Waals surface area contributed by atoms with Gasteiger partial charge in [-0.25, -0.2) is 0 Å². The fraction of sp³-hybridized carbons (Fsp3) is 0.111. The minimum Gasteiger partial charge on any atom is -0.503 e. The number of ether oxygens (including phenoxy) is 1. The molecule has 1 heterocycles. The van der Waals surface area contributed by atoms with Crippen LogP contribution in [0.3, 0.4) is 0 Å². The zero-order valence-electron chi connectivity index (χ0n) is 6.97. The molecule has 0 aliphatic rings. The first-order chi connectivity index (χ1) is 6.24. The van der Waals surface area contributed by atoms with Crippen LogP contribution in [-0.2, 0) is 0 Å². The zero-order valence-corrected chi connectivity index (χ0v) is 8.55. The van der Waals surface area contributed by atoms with Gasteiger partial charge in [0.25, 0.3) is 0 Å². The molecule has 0 amide bonds. The highest BCUT2D eigenvalue weighted by Crippen LogP contribution is 2.39. The molecule has 0 radical (unpaired) electrons. The van der Waals surface area contributed by atoms with Gasteiger partial charge in [0.2, 0.25) is 0 Å². The highest BCUT2D eigenvalue weighted by Gasteiger charge is 2.11. The second-order valence-electron chi connectivity index (χ2n) is 2.68. The number of benzene rings is 1. The van der Waals surface area contributed by atoms with Gasteiger partial charge in [0.05, 0.1) is 17.1 Å². The molecule has 3 nitrogen and oxygen atoms in total. The number of methoxy groups -OCH3 is 1. The first-order valence-electron chi connectivity index (χ1n) is 3.76. The van der Waals surface area contributed by atoms with Gasteiger partial charge in [0.1, 0.15) is 0 Å². The maximum absolute atomic E-state index is 9.62. The molecule has 0 saturated carbocycles. The Morgan fingerprint density at radius 2 is 2.31 bits per heavy atom. The van der Waals surface area contributed by atoms with Crippen LogP contribution in [0.4, 0.5) is 0 Å². The molecule has 68 valence electrons. The summed E-state index contributed by atoms with van der Waals surface area (Å²) in [6.07, 6.45) is 1.81. The third-order valence-corrected chi connectivity index (χ3v) is 2.72. The maximum atomic E-state index is 9.62. The Bertz CT molecular complexity index is 450. The number of hydrogen-bond acceptors (Lipinski definition) is 2. The van der Waals surface area contributed by atoms with Crippen LogP contribution >= 0.6 is 15.9 Å². The lowest BCUT2D eigenvalue weighted by Gasteiger charge is -2.05. The van der Waals surface area contributed by atoms with Gasteiger partial charge in [-0.2, -0.15) is 0 Å². The molecule has 4 heteroatoms. The highest BCUT2D eigenvalue weighted by molar-refractivity contribution is 9.10. The van der Waals surface area contributed by atoms with E-state index in [2.05, 4.69) is 20.9 Å². The van der Waals surface area contributed by atoms with Crippen molar-refractivity contribution in [2.75, 3.05) is 7.11 Å². The van der Waals surface area contributed by atoms with Crippen LogP contribution in [0.15, 0.2) is 22.8 Å². The summed E-state index contributed by atoms with van der Waals surface area (Å²) in [6.45, 7) is 0. The second-order valence-corrected chi connectivity index (χ2v) is 3.48.